The van der Waals surface area contributed by atoms with Crippen LogP contribution in [0.1, 0.15) is 0 Å². The third-order valence-electron chi connectivity index (χ3n) is 1.85. The highest BCUT2D eigenvalue weighted by atomic mass is 32.1. The molecule has 3 aromatic rings. The predicted octanol–water partition coefficient (Wildman–Crippen LogP) is 1.63. The van der Waals surface area contributed by atoms with E-state index in [2.05, 4.69) is 10.1 Å². The number of nitrogens with two attached hydrogens (primary N) is 1. The van der Waals surface area contributed by atoms with E-state index in [9.17, 15) is 0 Å². The number of fused-ring (bicyclic) bond motifs is 1. The molecule has 70 valence electrons. The molecule has 14 heavy (non-hydrogen) atoms. The van der Waals surface area contributed by atoms with Gasteiger partial charge in [-0.15, -0.1) is 16.4 Å². The van der Waals surface area contributed by atoms with Gasteiger partial charge < -0.3 is 10.2 Å². The molecule has 0 bridgehead atoms. The fourth-order valence-electron chi connectivity index (χ4n) is 1.22. The van der Waals surface area contributed by atoms with Crippen molar-refractivity contribution < 1.29 is 4.42 Å². The van der Waals surface area contributed by atoms with Crippen molar-refractivity contribution in [3.8, 4) is 11.6 Å². The van der Waals surface area contributed by atoms with E-state index in [0.717, 1.165) is 4.96 Å². The highest BCUT2D eigenvalue weighted by Gasteiger charge is 2.10. The number of anilines is 1. The van der Waals surface area contributed by atoms with Gasteiger partial charge in [0.15, 0.2) is 5.76 Å². The Morgan fingerprint density at radius 2 is 2.43 bits per heavy atom. The number of furan rings is 1. The third kappa shape index (κ3) is 0.942. The van der Waals surface area contributed by atoms with Crippen molar-refractivity contribution in [3.05, 3.63) is 23.8 Å². The van der Waals surface area contributed by atoms with Crippen LogP contribution < -0.4 is 5.73 Å². The number of nitrogen functional groups attached to an aromatic ring is 1. The van der Waals surface area contributed by atoms with E-state index in [4.69, 9.17) is 10.2 Å². The molecule has 6 heteroatoms. The van der Waals surface area contributed by atoms with Gasteiger partial charge in [0.2, 0.25) is 10.8 Å². The van der Waals surface area contributed by atoms with Gasteiger partial charge in [0.05, 0.1) is 6.26 Å². The van der Waals surface area contributed by atoms with Gasteiger partial charge in [-0.05, 0) is 12.1 Å². The predicted molar refractivity (Wildman–Crippen MR) is 53.0 cm³/mol. The average Bonchev–Trinajstić information content (AvgIpc) is 2.83. The summed E-state index contributed by atoms with van der Waals surface area (Å²) in [5, 5.41) is 6.02. The molecule has 0 saturated carbocycles. The molecule has 3 rings (SSSR count). The Hall–Kier alpha value is -1.82. The lowest BCUT2D eigenvalue weighted by atomic mass is 10.4. The van der Waals surface area contributed by atoms with Gasteiger partial charge in [0.1, 0.15) is 5.82 Å². The maximum atomic E-state index is 5.68. The van der Waals surface area contributed by atoms with E-state index in [-0.39, 0.29) is 0 Å². The van der Waals surface area contributed by atoms with Crippen LogP contribution in [0.5, 0.6) is 0 Å². The first-order valence-corrected chi connectivity index (χ1v) is 4.86. The van der Waals surface area contributed by atoms with Crippen molar-refractivity contribution in [3.63, 3.8) is 0 Å². The highest BCUT2D eigenvalue weighted by Crippen LogP contribution is 2.21. The van der Waals surface area contributed by atoms with Crippen molar-refractivity contribution in [2.75, 3.05) is 5.73 Å². The first-order chi connectivity index (χ1) is 6.84. The van der Waals surface area contributed by atoms with Gasteiger partial charge in [0.25, 0.3) is 0 Å². The lowest BCUT2D eigenvalue weighted by Gasteiger charge is -1.85. The van der Waals surface area contributed by atoms with E-state index >= 15 is 0 Å². The summed E-state index contributed by atoms with van der Waals surface area (Å²) in [5.41, 5.74) is 5.68. The van der Waals surface area contributed by atoms with Crippen molar-refractivity contribution in [2.45, 2.75) is 0 Å². The number of hydrogen-bond acceptors (Lipinski definition) is 5. The molecule has 5 nitrogen and oxygen atoms in total. The number of aromatic nitrogens is 3. The first kappa shape index (κ1) is 7.57. The summed E-state index contributed by atoms with van der Waals surface area (Å²) in [5.74, 6) is 1.81. The second-order valence-corrected chi connectivity index (χ2v) is 3.60. The van der Waals surface area contributed by atoms with Crippen LogP contribution in [-0.4, -0.2) is 14.6 Å². The van der Waals surface area contributed by atoms with E-state index in [1.165, 1.54) is 11.3 Å². The first-order valence-electron chi connectivity index (χ1n) is 3.98. The zero-order valence-corrected chi connectivity index (χ0v) is 7.86. The standard InChI is InChI=1S/C8H6N4OS/c9-6-4-14-8-10-7(11-12(6)8)5-2-1-3-13-5/h1-4H,9H2. The minimum absolute atomic E-state index is 0.563. The molecule has 0 amide bonds. The molecule has 0 aliphatic rings. The summed E-state index contributed by atoms with van der Waals surface area (Å²) in [6.07, 6.45) is 1.59. The van der Waals surface area contributed by atoms with Crippen LogP contribution in [0.2, 0.25) is 0 Å². The van der Waals surface area contributed by atoms with Crippen LogP contribution in [0.4, 0.5) is 5.82 Å². The molecule has 0 fully saturated rings. The van der Waals surface area contributed by atoms with E-state index in [1.54, 1.807) is 22.2 Å². The Morgan fingerprint density at radius 1 is 1.50 bits per heavy atom. The van der Waals surface area contributed by atoms with E-state index in [0.29, 0.717) is 17.4 Å². The Morgan fingerprint density at radius 3 is 3.14 bits per heavy atom. The number of nitrogens with zero attached hydrogens (tertiary/aromatic N) is 3. The molecular weight excluding hydrogens is 200 g/mol. The quantitative estimate of drug-likeness (QED) is 0.657. The second-order valence-electron chi connectivity index (χ2n) is 2.77. The lowest BCUT2D eigenvalue weighted by Crippen LogP contribution is -1.92. The highest BCUT2D eigenvalue weighted by molar-refractivity contribution is 7.15. The number of hydrogen-bond donors (Lipinski definition) is 1. The van der Waals surface area contributed by atoms with E-state index < -0.39 is 0 Å². The Balaban J connectivity index is 2.24. The molecule has 3 aromatic heterocycles. The van der Waals surface area contributed by atoms with Gasteiger partial charge in [-0.25, -0.2) is 0 Å². The van der Waals surface area contributed by atoms with Crippen LogP contribution in [-0.2, 0) is 0 Å². The topological polar surface area (TPSA) is 69.3 Å². The monoisotopic (exact) mass is 206 g/mol. The van der Waals surface area contributed by atoms with Crippen LogP contribution in [0, 0.1) is 0 Å². The maximum Gasteiger partial charge on any atom is 0.218 e. The Kier molecular flexibility index (Phi) is 1.40. The molecular formula is C8H6N4OS. The molecule has 0 aliphatic heterocycles. The molecule has 3 heterocycles. The average molecular weight is 206 g/mol. The fourth-order valence-corrected chi connectivity index (χ4v) is 1.93. The Labute approximate surface area is 82.8 Å². The van der Waals surface area contributed by atoms with Crippen molar-refractivity contribution in [2.24, 2.45) is 0 Å². The normalized spacial score (nSPS) is 11.1. The van der Waals surface area contributed by atoms with Gasteiger partial charge >= 0.3 is 0 Å². The lowest BCUT2D eigenvalue weighted by molar-refractivity contribution is 0.577. The summed E-state index contributed by atoms with van der Waals surface area (Å²) < 4.78 is 6.78. The van der Waals surface area contributed by atoms with Crippen molar-refractivity contribution in [1.82, 2.24) is 14.6 Å². The van der Waals surface area contributed by atoms with Gasteiger partial charge in [-0.3, -0.25) is 0 Å². The molecule has 0 unspecified atom stereocenters. The number of thiazole rings is 1. The molecule has 0 radical (unpaired) electrons. The molecule has 2 N–H and O–H groups in total. The van der Waals surface area contributed by atoms with Gasteiger partial charge in [0, 0.05) is 5.38 Å². The minimum atomic E-state index is 0.563. The molecule has 0 saturated heterocycles. The zero-order chi connectivity index (χ0) is 9.54. The third-order valence-corrected chi connectivity index (χ3v) is 2.68. The van der Waals surface area contributed by atoms with Crippen molar-refractivity contribution in [1.29, 1.82) is 0 Å². The van der Waals surface area contributed by atoms with Gasteiger partial charge in [-0.1, -0.05) is 0 Å². The largest absolute Gasteiger partial charge is 0.461 e. The zero-order valence-electron chi connectivity index (χ0n) is 7.04. The summed E-state index contributed by atoms with van der Waals surface area (Å²) in [4.78, 5) is 5.04. The van der Waals surface area contributed by atoms with Crippen LogP contribution >= 0.6 is 11.3 Å². The molecule has 0 atom stereocenters. The summed E-state index contributed by atoms with van der Waals surface area (Å²) in [6.45, 7) is 0. The summed E-state index contributed by atoms with van der Waals surface area (Å²) >= 11 is 1.45. The smallest absolute Gasteiger partial charge is 0.218 e. The van der Waals surface area contributed by atoms with Crippen molar-refractivity contribution >= 4 is 22.1 Å². The van der Waals surface area contributed by atoms with Crippen LogP contribution in [0.15, 0.2) is 28.2 Å². The summed E-state index contributed by atoms with van der Waals surface area (Å²) in [6, 6.07) is 3.61. The maximum absolute atomic E-state index is 5.68. The molecule has 0 spiro atoms. The summed E-state index contributed by atoms with van der Waals surface area (Å²) in [7, 11) is 0. The van der Waals surface area contributed by atoms with Crippen LogP contribution in [0.3, 0.4) is 0 Å². The molecule has 0 aliphatic carbocycles. The van der Waals surface area contributed by atoms with Gasteiger partial charge in [-0.2, -0.15) is 9.50 Å². The van der Waals surface area contributed by atoms with Crippen LogP contribution in [0.25, 0.3) is 16.5 Å². The Bertz CT molecular complexity index is 565. The molecule has 0 aromatic carbocycles. The fraction of sp³-hybridized carbons (Fsp3) is 0. The number of rotatable bonds is 1. The SMILES string of the molecule is Nc1csc2nc(-c3ccco3)nn12. The van der Waals surface area contributed by atoms with E-state index in [1.807, 2.05) is 6.07 Å². The second kappa shape index (κ2) is 2.58. The minimum Gasteiger partial charge on any atom is -0.461 e.